The van der Waals surface area contributed by atoms with E-state index >= 15 is 0 Å². The molecule has 0 aromatic carbocycles. The third-order valence-corrected chi connectivity index (χ3v) is 2.50. The summed E-state index contributed by atoms with van der Waals surface area (Å²) in [4.78, 5) is 16.1. The van der Waals surface area contributed by atoms with E-state index in [1.165, 1.54) is 0 Å². The molecule has 0 saturated carbocycles. The molecule has 0 atom stereocenters. The number of terminal acetylenes is 1. The Bertz CT molecular complexity index is 432. The minimum atomic E-state index is -0.0595. The number of unbranched alkanes of at least 4 members (excludes halogenated alkanes) is 2. The fraction of sp³-hybridized carbons (Fsp3) is 0.429. The van der Waals surface area contributed by atoms with E-state index in [1.54, 1.807) is 0 Å². The SMILES string of the molecule is C#CCCCCNC(=O)c1ccc(C)nc1C. The van der Waals surface area contributed by atoms with Crippen LogP contribution in [0.1, 0.15) is 41.0 Å². The first kappa shape index (κ1) is 13.2. The molecule has 0 aliphatic heterocycles. The maximum absolute atomic E-state index is 11.8. The van der Waals surface area contributed by atoms with Crippen LogP contribution in [0.4, 0.5) is 0 Å². The van der Waals surface area contributed by atoms with Crippen LogP contribution in [0.5, 0.6) is 0 Å². The van der Waals surface area contributed by atoms with Crippen molar-refractivity contribution in [1.82, 2.24) is 10.3 Å². The molecule has 1 aromatic rings. The van der Waals surface area contributed by atoms with Crippen molar-refractivity contribution in [2.45, 2.75) is 33.1 Å². The Morgan fingerprint density at radius 1 is 1.41 bits per heavy atom. The van der Waals surface area contributed by atoms with E-state index < -0.39 is 0 Å². The number of nitrogens with one attached hydrogen (secondary N) is 1. The van der Waals surface area contributed by atoms with Gasteiger partial charge in [-0.2, -0.15) is 0 Å². The molecule has 1 aromatic heterocycles. The van der Waals surface area contributed by atoms with Crippen molar-refractivity contribution in [2.75, 3.05) is 6.54 Å². The second-order valence-corrected chi connectivity index (χ2v) is 4.00. The second kappa shape index (κ2) is 6.70. The van der Waals surface area contributed by atoms with Crippen LogP contribution in [-0.2, 0) is 0 Å². The van der Waals surface area contributed by atoms with Gasteiger partial charge in [0.25, 0.3) is 5.91 Å². The van der Waals surface area contributed by atoms with Crippen molar-refractivity contribution >= 4 is 5.91 Å². The molecular formula is C14H18N2O. The van der Waals surface area contributed by atoms with Crippen LogP contribution in [0.3, 0.4) is 0 Å². The number of pyridine rings is 1. The summed E-state index contributed by atoms with van der Waals surface area (Å²) in [5.41, 5.74) is 2.34. The molecule has 17 heavy (non-hydrogen) atoms. The number of carbonyl (C=O) groups excluding carboxylic acids is 1. The lowest BCUT2D eigenvalue weighted by Crippen LogP contribution is -2.25. The van der Waals surface area contributed by atoms with Gasteiger partial charge in [0, 0.05) is 18.7 Å². The van der Waals surface area contributed by atoms with Crippen molar-refractivity contribution in [3.63, 3.8) is 0 Å². The molecule has 90 valence electrons. The highest BCUT2D eigenvalue weighted by Crippen LogP contribution is 2.06. The Kier molecular flexibility index (Phi) is 5.22. The molecule has 3 heteroatoms. The molecule has 1 rings (SSSR count). The summed E-state index contributed by atoms with van der Waals surface area (Å²) in [6.45, 7) is 4.42. The largest absolute Gasteiger partial charge is 0.352 e. The third kappa shape index (κ3) is 4.28. The highest BCUT2D eigenvalue weighted by Gasteiger charge is 2.08. The topological polar surface area (TPSA) is 42.0 Å². The smallest absolute Gasteiger partial charge is 0.253 e. The molecular weight excluding hydrogens is 212 g/mol. The van der Waals surface area contributed by atoms with E-state index in [2.05, 4.69) is 16.2 Å². The minimum Gasteiger partial charge on any atom is -0.352 e. The van der Waals surface area contributed by atoms with Gasteiger partial charge in [-0.3, -0.25) is 9.78 Å². The van der Waals surface area contributed by atoms with E-state index in [1.807, 2.05) is 26.0 Å². The van der Waals surface area contributed by atoms with Crippen molar-refractivity contribution < 1.29 is 4.79 Å². The van der Waals surface area contributed by atoms with Crippen LogP contribution in [0.2, 0.25) is 0 Å². The molecule has 0 spiro atoms. The standard InChI is InChI=1S/C14H18N2O/c1-4-5-6-7-10-15-14(17)13-9-8-11(2)16-12(13)3/h1,8-9H,5-7,10H2,2-3H3,(H,15,17). The Balaban J connectivity index is 2.45. The molecule has 0 aliphatic rings. The van der Waals surface area contributed by atoms with Crippen LogP contribution in [0, 0.1) is 26.2 Å². The summed E-state index contributed by atoms with van der Waals surface area (Å²) in [5, 5.41) is 2.87. The van der Waals surface area contributed by atoms with E-state index in [-0.39, 0.29) is 5.91 Å². The Labute approximate surface area is 103 Å². The van der Waals surface area contributed by atoms with Crippen LogP contribution in [0.15, 0.2) is 12.1 Å². The van der Waals surface area contributed by atoms with Gasteiger partial charge in [0.1, 0.15) is 0 Å². The number of aryl methyl sites for hydroxylation is 2. The zero-order valence-corrected chi connectivity index (χ0v) is 10.4. The molecule has 0 bridgehead atoms. The zero-order valence-electron chi connectivity index (χ0n) is 10.4. The molecule has 0 saturated heterocycles. The number of amides is 1. The Morgan fingerprint density at radius 3 is 2.82 bits per heavy atom. The lowest BCUT2D eigenvalue weighted by atomic mass is 10.1. The minimum absolute atomic E-state index is 0.0595. The number of rotatable bonds is 5. The van der Waals surface area contributed by atoms with Gasteiger partial charge in [-0.1, -0.05) is 0 Å². The van der Waals surface area contributed by atoms with E-state index in [0.717, 1.165) is 30.7 Å². The number of nitrogens with zero attached hydrogens (tertiary/aromatic N) is 1. The summed E-state index contributed by atoms with van der Waals surface area (Å²) in [5.74, 6) is 2.52. The maximum atomic E-state index is 11.8. The Hall–Kier alpha value is -1.82. The van der Waals surface area contributed by atoms with Gasteiger partial charge in [-0.25, -0.2) is 0 Å². The van der Waals surface area contributed by atoms with E-state index in [4.69, 9.17) is 6.42 Å². The molecule has 1 amide bonds. The number of hydrogen-bond donors (Lipinski definition) is 1. The highest BCUT2D eigenvalue weighted by molar-refractivity contribution is 5.95. The molecule has 0 radical (unpaired) electrons. The number of carbonyl (C=O) groups is 1. The van der Waals surface area contributed by atoms with E-state index in [0.29, 0.717) is 12.1 Å². The van der Waals surface area contributed by atoms with Crippen LogP contribution < -0.4 is 5.32 Å². The van der Waals surface area contributed by atoms with Gasteiger partial charge in [-0.05, 0) is 38.8 Å². The van der Waals surface area contributed by atoms with Crippen molar-refractivity contribution in [3.8, 4) is 12.3 Å². The summed E-state index contributed by atoms with van der Waals surface area (Å²) in [6, 6.07) is 3.66. The molecule has 0 fully saturated rings. The third-order valence-electron chi connectivity index (χ3n) is 2.50. The van der Waals surface area contributed by atoms with Crippen molar-refractivity contribution in [1.29, 1.82) is 0 Å². The monoisotopic (exact) mass is 230 g/mol. The molecule has 3 nitrogen and oxygen atoms in total. The van der Waals surface area contributed by atoms with Crippen LogP contribution in [0.25, 0.3) is 0 Å². The predicted octanol–water partition coefficient (Wildman–Crippen LogP) is 2.23. The second-order valence-electron chi connectivity index (χ2n) is 4.00. The van der Waals surface area contributed by atoms with Crippen LogP contribution >= 0.6 is 0 Å². The zero-order chi connectivity index (χ0) is 12.7. The lowest BCUT2D eigenvalue weighted by Gasteiger charge is -2.07. The van der Waals surface area contributed by atoms with Crippen LogP contribution in [-0.4, -0.2) is 17.4 Å². The van der Waals surface area contributed by atoms with Gasteiger partial charge >= 0.3 is 0 Å². The van der Waals surface area contributed by atoms with Gasteiger partial charge in [0.05, 0.1) is 11.3 Å². The van der Waals surface area contributed by atoms with Crippen molar-refractivity contribution in [2.24, 2.45) is 0 Å². The fourth-order valence-electron chi connectivity index (χ4n) is 1.58. The van der Waals surface area contributed by atoms with E-state index in [9.17, 15) is 4.79 Å². The first-order valence-corrected chi connectivity index (χ1v) is 5.81. The average molecular weight is 230 g/mol. The Morgan fingerprint density at radius 2 is 2.18 bits per heavy atom. The van der Waals surface area contributed by atoms with Gasteiger partial charge in [0.15, 0.2) is 0 Å². The average Bonchev–Trinajstić information content (AvgIpc) is 2.28. The number of hydrogen-bond acceptors (Lipinski definition) is 2. The normalized spacial score (nSPS) is 9.71. The molecule has 1 heterocycles. The quantitative estimate of drug-likeness (QED) is 0.622. The molecule has 1 N–H and O–H groups in total. The first-order chi connectivity index (χ1) is 8.15. The molecule has 0 unspecified atom stereocenters. The first-order valence-electron chi connectivity index (χ1n) is 5.81. The summed E-state index contributed by atoms with van der Waals surface area (Å²) in [6.07, 6.45) is 7.77. The van der Waals surface area contributed by atoms with Gasteiger partial charge in [-0.15, -0.1) is 12.3 Å². The highest BCUT2D eigenvalue weighted by atomic mass is 16.1. The predicted molar refractivity (Wildman–Crippen MR) is 68.7 cm³/mol. The fourth-order valence-corrected chi connectivity index (χ4v) is 1.58. The number of aromatic nitrogens is 1. The molecule has 0 aliphatic carbocycles. The summed E-state index contributed by atoms with van der Waals surface area (Å²) >= 11 is 0. The summed E-state index contributed by atoms with van der Waals surface area (Å²) < 4.78 is 0. The van der Waals surface area contributed by atoms with Gasteiger partial charge in [0.2, 0.25) is 0 Å². The summed E-state index contributed by atoms with van der Waals surface area (Å²) in [7, 11) is 0. The lowest BCUT2D eigenvalue weighted by molar-refractivity contribution is 0.0952. The van der Waals surface area contributed by atoms with Gasteiger partial charge < -0.3 is 5.32 Å². The maximum Gasteiger partial charge on any atom is 0.253 e. The van der Waals surface area contributed by atoms with Crippen molar-refractivity contribution in [3.05, 3.63) is 29.1 Å².